The van der Waals surface area contributed by atoms with Crippen LogP contribution in [0.3, 0.4) is 0 Å². The number of amides is 1. The number of nitrogens with one attached hydrogen (secondary N) is 1. The summed E-state index contributed by atoms with van der Waals surface area (Å²) in [7, 11) is 0. The number of ether oxygens (including phenoxy) is 2. The van der Waals surface area contributed by atoms with Crippen molar-refractivity contribution in [1.29, 1.82) is 0 Å². The van der Waals surface area contributed by atoms with E-state index in [1.54, 1.807) is 11.6 Å². The van der Waals surface area contributed by atoms with Crippen LogP contribution in [0.4, 0.5) is 5.13 Å². The van der Waals surface area contributed by atoms with E-state index in [0.717, 1.165) is 11.1 Å². The van der Waals surface area contributed by atoms with Crippen LogP contribution >= 0.6 is 11.3 Å². The number of thiazole rings is 1. The van der Waals surface area contributed by atoms with Crippen molar-refractivity contribution < 1.29 is 14.3 Å². The summed E-state index contributed by atoms with van der Waals surface area (Å²) in [5.74, 6) is 1.02. The van der Waals surface area contributed by atoms with Crippen LogP contribution in [0.5, 0.6) is 11.5 Å². The molecule has 8 heteroatoms. The molecule has 0 aliphatic heterocycles. The molecule has 1 amide bonds. The molecule has 0 unspecified atom stereocenters. The van der Waals surface area contributed by atoms with Gasteiger partial charge in [-0.25, -0.2) is 10.4 Å². The number of nitrogens with zero attached hydrogens (tertiary/aromatic N) is 2. The van der Waals surface area contributed by atoms with Gasteiger partial charge in [0.1, 0.15) is 6.61 Å². The number of aryl methyl sites for hydroxylation is 1. The van der Waals surface area contributed by atoms with E-state index in [4.69, 9.17) is 15.2 Å². The van der Waals surface area contributed by atoms with Gasteiger partial charge in [0.05, 0.1) is 24.9 Å². The van der Waals surface area contributed by atoms with Gasteiger partial charge in [0.25, 0.3) is 0 Å². The molecular weight excluding hydrogens is 400 g/mol. The molecule has 0 fully saturated rings. The number of hydrogen-bond donors (Lipinski definition) is 2. The van der Waals surface area contributed by atoms with E-state index in [9.17, 15) is 4.79 Å². The lowest BCUT2D eigenvalue weighted by molar-refractivity contribution is -0.120. The molecule has 0 saturated carbocycles. The van der Waals surface area contributed by atoms with Gasteiger partial charge in [0.15, 0.2) is 16.6 Å². The average Bonchev–Trinajstić information content (AvgIpc) is 3.13. The van der Waals surface area contributed by atoms with Gasteiger partial charge in [0.2, 0.25) is 5.91 Å². The van der Waals surface area contributed by atoms with Crippen molar-refractivity contribution in [2.45, 2.75) is 26.9 Å². The van der Waals surface area contributed by atoms with Crippen molar-refractivity contribution in [3.8, 4) is 11.5 Å². The zero-order valence-electron chi connectivity index (χ0n) is 16.9. The minimum absolute atomic E-state index is 0.126. The van der Waals surface area contributed by atoms with Crippen LogP contribution in [0.2, 0.25) is 0 Å². The minimum Gasteiger partial charge on any atom is -0.490 e. The van der Waals surface area contributed by atoms with Crippen LogP contribution < -0.4 is 20.6 Å². The molecule has 30 heavy (non-hydrogen) atoms. The third-order valence-electron chi connectivity index (χ3n) is 4.23. The second kappa shape index (κ2) is 10.4. The van der Waals surface area contributed by atoms with Gasteiger partial charge in [-0.2, -0.15) is 5.10 Å². The predicted octanol–water partition coefficient (Wildman–Crippen LogP) is 3.70. The maximum absolute atomic E-state index is 11.9. The Morgan fingerprint density at radius 1 is 1.23 bits per heavy atom. The number of anilines is 1. The lowest BCUT2D eigenvalue weighted by atomic mass is 10.1. The van der Waals surface area contributed by atoms with E-state index in [-0.39, 0.29) is 12.3 Å². The van der Waals surface area contributed by atoms with Crippen molar-refractivity contribution in [2.24, 2.45) is 5.10 Å². The fourth-order valence-electron chi connectivity index (χ4n) is 2.71. The van der Waals surface area contributed by atoms with Crippen LogP contribution in [-0.4, -0.2) is 23.7 Å². The van der Waals surface area contributed by atoms with Crippen molar-refractivity contribution in [2.75, 3.05) is 12.3 Å². The Balaban J connectivity index is 1.61. The zero-order valence-corrected chi connectivity index (χ0v) is 17.7. The van der Waals surface area contributed by atoms with E-state index in [0.29, 0.717) is 35.5 Å². The van der Waals surface area contributed by atoms with Crippen molar-refractivity contribution >= 4 is 28.6 Å². The Bertz CT molecular complexity index is 1030. The summed E-state index contributed by atoms with van der Waals surface area (Å²) in [6.07, 6.45) is 1.68. The molecule has 3 N–H and O–H groups in total. The summed E-state index contributed by atoms with van der Waals surface area (Å²) in [4.78, 5) is 16.0. The van der Waals surface area contributed by atoms with Crippen LogP contribution in [-0.2, 0) is 17.8 Å². The summed E-state index contributed by atoms with van der Waals surface area (Å²) in [5, 5.41) is 6.20. The van der Waals surface area contributed by atoms with Gasteiger partial charge >= 0.3 is 0 Å². The van der Waals surface area contributed by atoms with Crippen LogP contribution in [0.25, 0.3) is 0 Å². The first-order chi connectivity index (χ1) is 14.5. The Morgan fingerprint density at radius 3 is 2.80 bits per heavy atom. The molecule has 0 aliphatic rings. The van der Waals surface area contributed by atoms with Crippen LogP contribution in [0, 0.1) is 6.92 Å². The normalized spacial score (nSPS) is 10.9. The highest BCUT2D eigenvalue weighted by atomic mass is 32.1. The molecule has 0 spiro atoms. The Morgan fingerprint density at radius 2 is 2.07 bits per heavy atom. The number of nitrogen functional groups attached to an aromatic ring is 1. The molecule has 0 atom stereocenters. The molecule has 0 saturated heterocycles. The molecule has 0 radical (unpaired) electrons. The number of aromatic nitrogens is 1. The number of carbonyl (C=O) groups is 1. The van der Waals surface area contributed by atoms with Crippen molar-refractivity contribution in [3.63, 3.8) is 0 Å². The highest BCUT2D eigenvalue weighted by Gasteiger charge is 2.08. The van der Waals surface area contributed by atoms with Crippen LogP contribution in [0.1, 0.15) is 29.3 Å². The number of rotatable bonds is 9. The molecule has 3 aromatic rings. The maximum atomic E-state index is 11.9. The highest BCUT2D eigenvalue weighted by Crippen LogP contribution is 2.29. The quantitative estimate of drug-likeness (QED) is 0.403. The fourth-order valence-corrected chi connectivity index (χ4v) is 3.27. The van der Waals surface area contributed by atoms with E-state index in [1.165, 1.54) is 16.9 Å². The summed E-state index contributed by atoms with van der Waals surface area (Å²) in [6.45, 7) is 4.93. The SMILES string of the molecule is CCOc1cc(/C=N\NC(=O)Cc2csc(N)n2)ccc1OCc1ccccc1C. The van der Waals surface area contributed by atoms with Gasteiger partial charge in [0, 0.05) is 5.38 Å². The Labute approximate surface area is 179 Å². The van der Waals surface area contributed by atoms with Crippen molar-refractivity contribution in [3.05, 3.63) is 70.2 Å². The molecule has 7 nitrogen and oxygen atoms in total. The zero-order chi connectivity index (χ0) is 21.3. The smallest absolute Gasteiger partial charge is 0.246 e. The number of hydrazone groups is 1. The number of nitrogens with two attached hydrogens (primary N) is 1. The monoisotopic (exact) mass is 424 g/mol. The standard InChI is InChI=1S/C22H24N4O3S/c1-3-28-20-10-16(12-24-26-21(27)11-18-14-30-22(23)25-18)8-9-19(20)29-13-17-7-5-4-6-15(17)2/h4-10,12,14H,3,11,13H2,1-2H3,(H2,23,25)(H,26,27)/b24-12-. The third-order valence-corrected chi connectivity index (χ3v) is 4.95. The van der Waals surface area contributed by atoms with Gasteiger partial charge < -0.3 is 15.2 Å². The molecule has 1 aromatic heterocycles. The molecule has 0 aliphatic carbocycles. The second-order valence-corrected chi connectivity index (χ2v) is 7.39. The first kappa shape index (κ1) is 21.3. The molecule has 2 aromatic carbocycles. The van der Waals surface area contributed by atoms with Gasteiger partial charge in [-0.1, -0.05) is 24.3 Å². The van der Waals surface area contributed by atoms with Gasteiger partial charge in [-0.05, 0) is 48.7 Å². The number of benzene rings is 2. The largest absolute Gasteiger partial charge is 0.490 e. The Hall–Kier alpha value is -3.39. The summed E-state index contributed by atoms with van der Waals surface area (Å²) in [6, 6.07) is 13.6. The van der Waals surface area contributed by atoms with Crippen LogP contribution in [0.15, 0.2) is 52.9 Å². The minimum atomic E-state index is -0.264. The molecule has 0 bridgehead atoms. The predicted molar refractivity (Wildman–Crippen MR) is 119 cm³/mol. The molecule has 1 heterocycles. The second-order valence-electron chi connectivity index (χ2n) is 6.50. The fraction of sp³-hybridized carbons (Fsp3) is 0.227. The lowest BCUT2D eigenvalue weighted by Crippen LogP contribution is -2.19. The van der Waals surface area contributed by atoms with E-state index in [1.807, 2.05) is 43.3 Å². The molecule has 156 valence electrons. The highest BCUT2D eigenvalue weighted by molar-refractivity contribution is 7.13. The number of hydrogen-bond acceptors (Lipinski definition) is 7. The average molecular weight is 425 g/mol. The lowest BCUT2D eigenvalue weighted by Gasteiger charge is -2.13. The summed E-state index contributed by atoms with van der Waals surface area (Å²) < 4.78 is 11.7. The van der Waals surface area contributed by atoms with E-state index in [2.05, 4.69) is 28.5 Å². The molecular formula is C22H24N4O3S. The maximum Gasteiger partial charge on any atom is 0.246 e. The van der Waals surface area contributed by atoms with Gasteiger partial charge in [-0.15, -0.1) is 11.3 Å². The summed E-state index contributed by atoms with van der Waals surface area (Å²) >= 11 is 1.30. The molecule has 3 rings (SSSR count). The topological polar surface area (TPSA) is 98.8 Å². The Kier molecular flexibility index (Phi) is 7.40. The van der Waals surface area contributed by atoms with Crippen molar-refractivity contribution in [1.82, 2.24) is 10.4 Å². The van der Waals surface area contributed by atoms with Gasteiger partial charge in [-0.3, -0.25) is 4.79 Å². The van der Waals surface area contributed by atoms with E-state index < -0.39 is 0 Å². The first-order valence-corrected chi connectivity index (χ1v) is 10.4. The first-order valence-electron chi connectivity index (χ1n) is 9.51. The summed E-state index contributed by atoms with van der Waals surface area (Å²) in [5.41, 5.74) is 11.8. The third kappa shape index (κ3) is 6.05. The van der Waals surface area contributed by atoms with E-state index >= 15 is 0 Å². The number of carbonyl (C=O) groups excluding carboxylic acids is 1.